The standard InChI is InChI=1S/C30H27NO3S/c1-22-12-16-28(17-13-22)35(32,33)31-20-23(2)21-34-30(25-9-4-3-5-10-25)19-29(31)27-15-14-24-8-6-7-11-26(24)18-27/h3-19,30H,2,20-21H2,1H3/b29-19-. The molecule has 4 aromatic carbocycles. The molecule has 0 aromatic heterocycles. The highest BCUT2D eigenvalue weighted by molar-refractivity contribution is 7.89. The first-order valence-electron chi connectivity index (χ1n) is 11.6. The SMILES string of the molecule is C=C1COC(c2ccccc2)/C=C(/c2ccc3ccccc3c2)N(S(=O)(=O)c2ccc(C)cc2)C1. The minimum atomic E-state index is -3.86. The summed E-state index contributed by atoms with van der Waals surface area (Å²) >= 11 is 0. The highest BCUT2D eigenvalue weighted by Gasteiger charge is 2.31. The number of benzene rings is 4. The third kappa shape index (κ3) is 4.78. The Hall–Kier alpha value is -3.67. The second-order valence-electron chi connectivity index (χ2n) is 8.83. The summed E-state index contributed by atoms with van der Waals surface area (Å²) in [5, 5.41) is 2.13. The number of rotatable bonds is 4. The third-order valence-corrected chi connectivity index (χ3v) is 7.97. The van der Waals surface area contributed by atoms with Gasteiger partial charge < -0.3 is 4.74 Å². The molecule has 0 saturated heterocycles. The molecular formula is C30H27NO3S. The summed E-state index contributed by atoms with van der Waals surface area (Å²) < 4.78 is 35.7. The first-order valence-corrected chi connectivity index (χ1v) is 13.0. The van der Waals surface area contributed by atoms with E-state index in [2.05, 4.69) is 6.58 Å². The van der Waals surface area contributed by atoms with Crippen LogP contribution in [-0.2, 0) is 14.8 Å². The third-order valence-electron chi connectivity index (χ3n) is 6.19. The Balaban J connectivity index is 1.72. The molecule has 0 radical (unpaired) electrons. The summed E-state index contributed by atoms with van der Waals surface area (Å²) in [6.45, 7) is 6.48. The van der Waals surface area contributed by atoms with Crippen LogP contribution < -0.4 is 0 Å². The van der Waals surface area contributed by atoms with Gasteiger partial charge in [-0.3, -0.25) is 4.31 Å². The molecule has 5 rings (SSSR count). The van der Waals surface area contributed by atoms with Crippen LogP contribution in [0.3, 0.4) is 0 Å². The van der Waals surface area contributed by atoms with E-state index >= 15 is 0 Å². The van der Waals surface area contributed by atoms with Crippen molar-refractivity contribution in [1.29, 1.82) is 0 Å². The van der Waals surface area contributed by atoms with Gasteiger partial charge in [-0.05, 0) is 58.7 Å². The minimum absolute atomic E-state index is 0.135. The van der Waals surface area contributed by atoms with E-state index in [0.717, 1.165) is 27.5 Å². The summed E-state index contributed by atoms with van der Waals surface area (Å²) in [6, 6.07) is 30.9. The van der Waals surface area contributed by atoms with Crippen LogP contribution in [0, 0.1) is 6.92 Å². The van der Waals surface area contributed by atoms with Gasteiger partial charge >= 0.3 is 0 Å². The van der Waals surface area contributed by atoms with Crippen molar-refractivity contribution in [1.82, 2.24) is 4.31 Å². The fraction of sp³-hybridized carbons (Fsp3) is 0.133. The van der Waals surface area contributed by atoms with Gasteiger partial charge in [0.15, 0.2) is 0 Å². The largest absolute Gasteiger partial charge is 0.365 e. The van der Waals surface area contributed by atoms with Crippen LogP contribution in [0.25, 0.3) is 16.5 Å². The van der Waals surface area contributed by atoms with E-state index < -0.39 is 16.1 Å². The maximum atomic E-state index is 14.0. The first-order chi connectivity index (χ1) is 16.9. The quantitative estimate of drug-likeness (QED) is 0.312. The van der Waals surface area contributed by atoms with E-state index in [1.54, 1.807) is 12.1 Å². The topological polar surface area (TPSA) is 46.6 Å². The highest BCUT2D eigenvalue weighted by atomic mass is 32.2. The van der Waals surface area contributed by atoms with Gasteiger partial charge in [0, 0.05) is 0 Å². The molecule has 4 aromatic rings. The molecule has 1 aliphatic heterocycles. The monoisotopic (exact) mass is 481 g/mol. The second kappa shape index (κ2) is 9.53. The van der Waals surface area contributed by atoms with Crippen LogP contribution in [0.2, 0.25) is 0 Å². The summed E-state index contributed by atoms with van der Waals surface area (Å²) in [6.07, 6.45) is 1.49. The number of nitrogens with zero attached hydrogens (tertiary/aromatic N) is 1. The first kappa shape index (κ1) is 23.1. The van der Waals surface area contributed by atoms with Crippen LogP contribution in [0.4, 0.5) is 0 Å². The Labute approximate surface area is 206 Å². The van der Waals surface area contributed by atoms with Crippen molar-refractivity contribution in [3.8, 4) is 0 Å². The number of hydrogen-bond donors (Lipinski definition) is 0. The fourth-order valence-electron chi connectivity index (χ4n) is 4.29. The summed E-state index contributed by atoms with van der Waals surface area (Å²) in [4.78, 5) is 0.250. The zero-order valence-corrected chi connectivity index (χ0v) is 20.4. The number of aryl methyl sites for hydroxylation is 1. The van der Waals surface area contributed by atoms with E-state index in [-0.39, 0.29) is 18.0 Å². The smallest absolute Gasteiger partial charge is 0.264 e. The fourth-order valence-corrected chi connectivity index (χ4v) is 5.80. The molecule has 1 heterocycles. The Bertz CT molecular complexity index is 1510. The number of hydrogen-bond acceptors (Lipinski definition) is 3. The molecule has 4 nitrogen and oxygen atoms in total. The summed E-state index contributed by atoms with van der Waals surface area (Å²) in [5.74, 6) is 0. The Morgan fingerprint density at radius 3 is 2.29 bits per heavy atom. The molecule has 0 aliphatic carbocycles. The van der Waals surface area contributed by atoms with Crippen molar-refractivity contribution in [2.45, 2.75) is 17.9 Å². The lowest BCUT2D eigenvalue weighted by Gasteiger charge is -2.32. The maximum absolute atomic E-state index is 14.0. The lowest BCUT2D eigenvalue weighted by molar-refractivity contribution is 0.100. The van der Waals surface area contributed by atoms with Crippen LogP contribution >= 0.6 is 0 Å². The highest BCUT2D eigenvalue weighted by Crippen LogP contribution is 2.35. The number of sulfonamides is 1. The molecule has 1 aliphatic rings. The van der Waals surface area contributed by atoms with Crippen molar-refractivity contribution in [3.63, 3.8) is 0 Å². The van der Waals surface area contributed by atoms with Gasteiger partial charge in [-0.25, -0.2) is 8.42 Å². The number of ether oxygens (including phenoxy) is 1. The Kier molecular flexibility index (Phi) is 6.29. The van der Waals surface area contributed by atoms with Gasteiger partial charge in [0.05, 0.1) is 23.7 Å². The molecule has 0 N–H and O–H groups in total. The molecular weight excluding hydrogens is 454 g/mol. The van der Waals surface area contributed by atoms with E-state index in [0.29, 0.717) is 11.3 Å². The lowest BCUT2D eigenvalue weighted by atomic mass is 10.0. The molecule has 0 saturated carbocycles. The zero-order chi connectivity index (χ0) is 24.4. The Morgan fingerprint density at radius 1 is 0.857 bits per heavy atom. The molecule has 176 valence electrons. The van der Waals surface area contributed by atoms with Gasteiger partial charge in [0.25, 0.3) is 10.0 Å². The van der Waals surface area contributed by atoms with Crippen LogP contribution in [-0.4, -0.2) is 25.9 Å². The number of fused-ring (bicyclic) bond motifs is 1. The van der Waals surface area contributed by atoms with Gasteiger partial charge in [0.2, 0.25) is 0 Å². The van der Waals surface area contributed by atoms with Crippen molar-refractivity contribution in [2.24, 2.45) is 0 Å². The molecule has 0 bridgehead atoms. The Morgan fingerprint density at radius 2 is 1.54 bits per heavy atom. The lowest BCUT2D eigenvalue weighted by Crippen LogP contribution is -2.34. The molecule has 35 heavy (non-hydrogen) atoms. The minimum Gasteiger partial charge on any atom is -0.365 e. The average Bonchev–Trinajstić information content (AvgIpc) is 2.87. The second-order valence-corrected chi connectivity index (χ2v) is 10.7. The van der Waals surface area contributed by atoms with Gasteiger partial charge in [-0.2, -0.15) is 0 Å². The molecule has 1 atom stereocenters. The molecule has 5 heteroatoms. The van der Waals surface area contributed by atoms with Crippen LogP contribution in [0.15, 0.2) is 120 Å². The predicted molar refractivity (Wildman–Crippen MR) is 141 cm³/mol. The maximum Gasteiger partial charge on any atom is 0.264 e. The van der Waals surface area contributed by atoms with Crippen molar-refractivity contribution < 1.29 is 13.2 Å². The van der Waals surface area contributed by atoms with Crippen molar-refractivity contribution >= 4 is 26.5 Å². The predicted octanol–water partition coefficient (Wildman–Crippen LogP) is 6.51. The molecule has 0 spiro atoms. The summed E-state index contributed by atoms with van der Waals surface area (Å²) in [5.41, 5.74) is 4.02. The zero-order valence-electron chi connectivity index (χ0n) is 19.6. The summed E-state index contributed by atoms with van der Waals surface area (Å²) in [7, 11) is -3.86. The van der Waals surface area contributed by atoms with E-state index in [1.165, 1.54) is 4.31 Å². The van der Waals surface area contributed by atoms with Gasteiger partial charge in [-0.15, -0.1) is 0 Å². The van der Waals surface area contributed by atoms with Gasteiger partial charge in [-0.1, -0.05) is 91.0 Å². The van der Waals surface area contributed by atoms with E-state index in [1.807, 2.05) is 97.9 Å². The normalized spacial score (nSPS) is 18.5. The van der Waals surface area contributed by atoms with E-state index in [9.17, 15) is 8.42 Å². The van der Waals surface area contributed by atoms with Gasteiger partial charge in [0.1, 0.15) is 6.10 Å². The molecule has 0 amide bonds. The van der Waals surface area contributed by atoms with Crippen molar-refractivity contribution in [2.75, 3.05) is 13.2 Å². The van der Waals surface area contributed by atoms with Crippen molar-refractivity contribution in [3.05, 3.63) is 132 Å². The van der Waals surface area contributed by atoms with E-state index in [4.69, 9.17) is 4.74 Å². The average molecular weight is 482 g/mol. The molecule has 1 unspecified atom stereocenters. The van der Waals surface area contributed by atoms with Crippen LogP contribution in [0.5, 0.6) is 0 Å². The van der Waals surface area contributed by atoms with Crippen LogP contribution in [0.1, 0.15) is 22.8 Å². The molecule has 0 fully saturated rings.